The van der Waals surface area contributed by atoms with Crippen LogP contribution in [0, 0.1) is 0 Å². The van der Waals surface area contributed by atoms with E-state index in [0.717, 1.165) is 16.9 Å². The Morgan fingerprint density at radius 3 is 2.38 bits per heavy atom. The van der Waals surface area contributed by atoms with Crippen molar-refractivity contribution in [3.63, 3.8) is 0 Å². The van der Waals surface area contributed by atoms with Crippen LogP contribution < -0.4 is 10.1 Å². The molecule has 110 valence electrons. The van der Waals surface area contributed by atoms with Crippen molar-refractivity contribution in [1.82, 2.24) is 5.32 Å². The van der Waals surface area contributed by atoms with E-state index in [1.54, 1.807) is 24.3 Å². The molecule has 0 saturated heterocycles. The van der Waals surface area contributed by atoms with Gasteiger partial charge >= 0.3 is 0 Å². The lowest BCUT2D eigenvalue weighted by molar-refractivity contribution is 0.0950. The number of rotatable bonds is 6. The van der Waals surface area contributed by atoms with Crippen molar-refractivity contribution in [1.29, 1.82) is 0 Å². The fourth-order valence-electron chi connectivity index (χ4n) is 2.03. The molecule has 0 aromatic heterocycles. The third-order valence-electron chi connectivity index (χ3n) is 3.16. The SMILES string of the molecule is CCOc1ccc(C(=O)NCc2ccccc2CO)cc1. The van der Waals surface area contributed by atoms with Crippen molar-refractivity contribution in [2.24, 2.45) is 0 Å². The predicted molar refractivity (Wildman–Crippen MR) is 81.1 cm³/mol. The summed E-state index contributed by atoms with van der Waals surface area (Å²) in [6.45, 7) is 2.88. The fourth-order valence-corrected chi connectivity index (χ4v) is 2.03. The van der Waals surface area contributed by atoms with Crippen LogP contribution in [0.25, 0.3) is 0 Å². The molecule has 0 aliphatic rings. The van der Waals surface area contributed by atoms with Crippen LogP contribution in [0.2, 0.25) is 0 Å². The van der Waals surface area contributed by atoms with Gasteiger partial charge in [-0.3, -0.25) is 4.79 Å². The monoisotopic (exact) mass is 285 g/mol. The molecule has 4 nitrogen and oxygen atoms in total. The number of aliphatic hydroxyl groups is 1. The molecule has 0 spiro atoms. The van der Waals surface area contributed by atoms with Gasteiger partial charge in [-0.2, -0.15) is 0 Å². The van der Waals surface area contributed by atoms with Gasteiger partial charge in [0, 0.05) is 12.1 Å². The molecule has 0 aliphatic carbocycles. The number of amides is 1. The Kier molecular flexibility index (Phi) is 5.35. The van der Waals surface area contributed by atoms with Gasteiger partial charge in [-0.1, -0.05) is 24.3 Å². The maximum Gasteiger partial charge on any atom is 0.251 e. The topological polar surface area (TPSA) is 58.6 Å². The van der Waals surface area contributed by atoms with Crippen LogP contribution in [-0.2, 0) is 13.2 Å². The molecule has 2 aromatic carbocycles. The molecule has 1 amide bonds. The summed E-state index contributed by atoms with van der Waals surface area (Å²) < 4.78 is 5.34. The van der Waals surface area contributed by atoms with E-state index < -0.39 is 0 Å². The van der Waals surface area contributed by atoms with Crippen molar-refractivity contribution in [3.8, 4) is 5.75 Å². The van der Waals surface area contributed by atoms with Crippen LogP contribution in [0.5, 0.6) is 5.75 Å². The average Bonchev–Trinajstić information content (AvgIpc) is 2.54. The molecule has 21 heavy (non-hydrogen) atoms. The summed E-state index contributed by atoms with van der Waals surface area (Å²) in [6.07, 6.45) is 0. The molecule has 4 heteroatoms. The number of ether oxygens (including phenoxy) is 1. The van der Waals surface area contributed by atoms with Crippen LogP contribution in [0.3, 0.4) is 0 Å². The third kappa shape index (κ3) is 4.07. The van der Waals surface area contributed by atoms with Crippen LogP contribution in [0.4, 0.5) is 0 Å². The third-order valence-corrected chi connectivity index (χ3v) is 3.16. The van der Waals surface area contributed by atoms with Crippen LogP contribution in [-0.4, -0.2) is 17.6 Å². The predicted octanol–water partition coefficient (Wildman–Crippen LogP) is 2.51. The molecule has 0 radical (unpaired) electrons. The number of carbonyl (C=O) groups excluding carboxylic acids is 1. The number of nitrogens with one attached hydrogen (secondary N) is 1. The van der Waals surface area contributed by atoms with E-state index in [0.29, 0.717) is 18.7 Å². The van der Waals surface area contributed by atoms with E-state index in [2.05, 4.69) is 5.32 Å². The van der Waals surface area contributed by atoms with Gasteiger partial charge in [-0.25, -0.2) is 0 Å². The summed E-state index contributed by atoms with van der Waals surface area (Å²) in [6, 6.07) is 14.5. The number of hydrogen-bond donors (Lipinski definition) is 2. The van der Waals surface area contributed by atoms with E-state index in [1.165, 1.54) is 0 Å². The summed E-state index contributed by atoms with van der Waals surface area (Å²) in [5, 5.41) is 12.1. The summed E-state index contributed by atoms with van der Waals surface area (Å²) in [5.41, 5.74) is 2.32. The maximum absolute atomic E-state index is 12.1. The fraction of sp³-hybridized carbons (Fsp3) is 0.235. The summed E-state index contributed by atoms with van der Waals surface area (Å²) in [5.74, 6) is 0.602. The van der Waals surface area contributed by atoms with Gasteiger partial charge in [0.15, 0.2) is 0 Å². The lowest BCUT2D eigenvalue weighted by atomic mass is 10.1. The van der Waals surface area contributed by atoms with Gasteiger partial charge in [0.25, 0.3) is 5.91 Å². The van der Waals surface area contributed by atoms with Crippen molar-refractivity contribution < 1.29 is 14.6 Å². The second kappa shape index (κ2) is 7.45. The van der Waals surface area contributed by atoms with E-state index in [-0.39, 0.29) is 12.5 Å². The second-order valence-electron chi connectivity index (χ2n) is 4.57. The van der Waals surface area contributed by atoms with Gasteiger partial charge in [0.1, 0.15) is 5.75 Å². The highest BCUT2D eigenvalue weighted by Crippen LogP contribution is 2.13. The molecule has 0 fully saturated rings. The smallest absolute Gasteiger partial charge is 0.251 e. The Morgan fingerprint density at radius 2 is 1.76 bits per heavy atom. The standard InChI is InChI=1S/C17H19NO3/c1-2-21-16-9-7-13(8-10-16)17(20)18-11-14-5-3-4-6-15(14)12-19/h3-10,19H,2,11-12H2,1H3,(H,18,20). The van der Waals surface area contributed by atoms with E-state index in [4.69, 9.17) is 4.74 Å². The summed E-state index contributed by atoms with van der Waals surface area (Å²) in [7, 11) is 0. The van der Waals surface area contributed by atoms with Crippen molar-refractivity contribution in [3.05, 3.63) is 65.2 Å². The van der Waals surface area contributed by atoms with Crippen LogP contribution in [0.15, 0.2) is 48.5 Å². The molecule has 0 atom stereocenters. The van der Waals surface area contributed by atoms with Crippen LogP contribution in [0.1, 0.15) is 28.4 Å². The molecule has 0 aliphatic heterocycles. The summed E-state index contributed by atoms with van der Waals surface area (Å²) in [4.78, 5) is 12.1. The lowest BCUT2D eigenvalue weighted by Gasteiger charge is -2.09. The first-order valence-corrected chi connectivity index (χ1v) is 6.93. The van der Waals surface area contributed by atoms with Gasteiger partial charge < -0.3 is 15.2 Å². The van der Waals surface area contributed by atoms with E-state index in [9.17, 15) is 9.90 Å². The minimum Gasteiger partial charge on any atom is -0.494 e. The minimum atomic E-state index is -0.147. The zero-order valence-electron chi connectivity index (χ0n) is 12.0. The van der Waals surface area contributed by atoms with Crippen molar-refractivity contribution >= 4 is 5.91 Å². The van der Waals surface area contributed by atoms with E-state index >= 15 is 0 Å². The molecule has 0 saturated carbocycles. The first-order chi connectivity index (χ1) is 10.2. The Hall–Kier alpha value is -2.33. The van der Waals surface area contributed by atoms with Crippen molar-refractivity contribution in [2.75, 3.05) is 6.61 Å². The zero-order chi connectivity index (χ0) is 15.1. The largest absolute Gasteiger partial charge is 0.494 e. The number of carbonyl (C=O) groups is 1. The molecule has 0 bridgehead atoms. The molecule has 2 rings (SSSR count). The molecule has 2 N–H and O–H groups in total. The Bertz CT molecular complexity index is 593. The normalized spacial score (nSPS) is 10.2. The van der Waals surface area contributed by atoms with E-state index in [1.807, 2.05) is 31.2 Å². The second-order valence-corrected chi connectivity index (χ2v) is 4.57. The number of benzene rings is 2. The average molecular weight is 285 g/mol. The Balaban J connectivity index is 1.98. The zero-order valence-corrected chi connectivity index (χ0v) is 12.0. The Morgan fingerprint density at radius 1 is 1.10 bits per heavy atom. The molecule has 0 heterocycles. The quantitative estimate of drug-likeness (QED) is 0.857. The molecule has 0 unspecified atom stereocenters. The number of aliphatic hydroxyl groups excluding tert-OH is 1. The van der Waals surface area contributed by atoms with Crippen LogP contribution >= 0.6 is 0 Å². The van der Waals surface area contributed by atoms with Gasteiger partial charge in [-0.15, -0.1) is 0 Å². The highest BCUT2D eigenvalue weighted by atomic mass is 16.5. The molecular weight excluding hydrogens is 266 g/mol. The number of hydrogen-bond acceptors (Lipinski definition) is 3. The maximum atomic E-state index is 12.1. The highest BCUT2D eigenvalue weighted by Gasteiger charge is 2.07. The first kappa shape index (κ1) is 15.1. The first-order valence-electron chi connectivity index (χ1n) is 6.93. The highest BCUT2D eigenvalue weighted by molar-refractivity contribution is 5.94. The van der Waals surface area contributed by atoms with Gasteiger partial charge in [0.2, 0.25) is 0 Å². The summed E-state index contributed by atoms with van der Waals surface area (Å²) >= 11 is 0. The van der Waals surface area contributed by atoms with Crippen molar-refractivity contribution in [2.45, 2.75) is 20.1 Å². The van der Waals surface area contributed by atoms with Gasteiger partial charge in [-0.05, 0) is 42.3 Å². The Labute approximate surface area is 124 Å². The molecular formula is C17H19NO3. The molecule has 2 aromatic rings. The minimum absolute atomic E-state index is 0.0326. The van der Waals surface area contributed by atoms with Gasteiger partial charge in [0.05, 0.1) is 13.2 Å². The lowest BCUT2D eigenvalue weighted by Crippen LogP contribution is -2.23.